The first-order valence-corrected chi connectivity index (χ1v) is 7.73. The third-order valence-corrected chi connectivity index (χ3v) is 4.12. The lowest BCUT2D eigenvalue weighted by Gasteiger charge is -2.28. The number of benzene rings is 2. The van der Waals surface area contributed by atoms with Crippen molar-refractivity contribution in [3.8, 4) is 11.1 Å². The lowest BCUT2D eigenvalue weighted by molar-refractivity contribution is -0.137. The van der Waals surface area contributed by atoms with Crippen molar-refractivity contribution in [2.75, 3.05) is 26.2 Å². The van der Waals surface area contributed by atoms with Gasteiger partial charge in [-0.15, -0.1) is 0 Å². The van der Waals surface area contributed by atoms with Gasteiger partial charge in [0.25, 0.3) is 0 Å². The fourth-order valence-electron chi connectivity index (χ4n) is 2.91. The van der Waals surface area contributed by atoms with Gasteiger partial charge in [-0.2, -0.15) is 13.2 Å². The Morgan fingerprint density at radius 3 is 2.43 bits per heavy atom. The molecule has 1 N–H and O–H groups in total. The molecule has 0 spiro atoms. The van der Waals surface area contributed by atoms with Crippen LogP contribution < -0.4 is 5.32 Å². The zero-order valence-corrected chi connectivity index (χ0v) is 12.7. The van der Waals surface area contributed by atoms with Crippen molar-refractivity contribution < 1.29 is 13.2 Å². The van der Waals surface area contributed by atoms with E-state index in [-0.39, 0.29) is 0 Å². The van der Waals surface area contributed by atoms with E-state index in [1.54, 1.807) is 6.07 Å². The van der Waals surface area contributed by atoms with Crippen LogP contribution in [0.15, 0.2) is 48.5 Å². The molecule has 2 nitrogen and oxygen atoms in total. The standard InChI is InChI=1S/C18H19F3N2/c19-18(20,21)16-6-3-5-14(12-16)17-7-2-1-4-15(17)13-23-10-8-22-9-11-23/h1-7,12,22H,8-11,13H2. The fourth-order valence-corrected chi connectivity index (χ4v) is 2.91. The number of nitrogens with one attached hydrogen (secondary N) is 1. The number of piperazine rings is 1. The highest BCUT2D eigenvalue weighted by atomic mass is 19.4. The summed E-state index contributed by atoms with van der Waals surface area (Å²) < 4.78 is 38.8. The number of hydrogen-bond donors (Lipinski definition) is 1. The second kappa shape index (κ2) is 6.72. The van der Waals surface area contributed by atoms with E-state index in [1.165, 1.54) is 12.1 Å². The number of alkyl halides is 3. The molecule has 0 unspecified atom stereocenters. The largest absolute Gasteiger partial charge is 0.416 e. The zero-order chi connectivity index (χ0) is 16.3. The van der Waals surface area contributed by atoms with E-state index in [9.17, 15) is 13.2 Å². The number of halogens is 3. The summed E-state index contributed by atoms with van der Waals surface area (Å²) in [4.78, 5) is 2.32. The van der Waals surface area contributed by atoms with Gasteiger partial charge in [0.15, 0.2) is 0 Å². The quantitative estimate of drug-likeness (QED) is 0.926. The average Bonchev–Trinajstić information content (AvgIpc) is 2.56. The predicted octanol–water partition coefficient (Wildman–Crippen LogP) is 3.78. The Morgan fingerprint density at radius 1 is 0.957 bits per heavy atom. The second-order valence-electron chi connectivity index (χ2n) is 5.76. The van der Waals surface area contributed by atoms with Gasteiger partial charge in [-0.1, -0.05) is 36.4 Å². The summed E-state index contributed by atoms with van der Waals surface area (Å²) in [5, 5.41) is 3.30. The van der Waals surface area contributed by atoms with Crippen LogP contribution in [0.25, 0.3) is 11.1 Å². The van der Waals surface area contributed by atoms with E-state index in [0.29, 0.717) is 5.56 Å². The molecule has 1 aliphatic heterocycles. The fraction of sp³-hybridized carbons (Fsp3) is 0.333. The molecule has 0 bridgehead atoms. The van der Waals surface area contributed by atoms with Gasteiger partial charge in [0.05, 0.1) is 5.56 Å². The Morgan fingerprint density at radius 2 is 1.70 bits per heavy atom. The molecular weight excluding hydrogens is 301 g/mol. The molecule has 0 aromatic heterocycles. The minimum atomic E-state index is -4.32. The van der Waals surface area contributed by atoms with E-state index >= 15 is 0 Å². The monoisotopic (exact) mass is 320 g/mol. The van der Waals surface area contributed by atoms with E-state index < -0.39 is 11.7 Å². The number of nitrogens with zero attached hydrogens (tertiary/aromatic N) is 1. The third-order valence-electron chi connectivity index (χ3n) is 4.12. The molecule has 5 heteroatoms. The maximum atomic E-state index is 12.9. The lowest BCUT2D eigenvalue weighted by Crippen LogP contribution is -2.42. The van der Waals surface area contributed by atoms with Crippen molar-refractivity contribution in [2.24, 2.45) is 0 Å². The van der Waals surface area contributed by atoms with Gasteiger partial charge in [0.1, 0.15) is 0 Å². The molecule has 2 aromatic rings. The minimum Gasteiger partial charge on any atom is -0.314 e. The first-order valence-electron chi connectivity index (χ1n) is 7.73. The summed E-state index contributed by atoms with van der Waals surface area (Å²) in [6.45, 7) is 4.57. The van der Waals surface area contributed by atoms with Gasteiger partial charge in [0.2, 0.25) is 0 Å². The summed E-state index contributed by atoms with van der Waals surface area (Å²) >= 11 is 0. The molecule has 122 valence electrons. The molecule has 2 aromatic carbocycles. The lowest BCUT2D eigenvalue weighted by atomic mass is 9.97. The molecule has 1 fully saturated rings. The van der Waals surface area contributed by atoms with Crippen LogP contribution in [0.1, 0.15) is 11.1 Å². The summed E-state index contributed by atoms with van der Waals surface area (Å²) in [6.07, 6.45) is -4.32. The van der Waals surface area contributed by atoms with Crippen molar-refractivity contribution in [3.63, 3.8) is 0 Å². The molecule has 23 heavy (non-hydrogen) atoms. The van der Waals surface area contributed by atoms with Gasteiger partial charge < -0.3 is 5.32 Å². The van der Waals surface area contributed by atoms with Gasteiger partial charge in [-0.25, -0.2) is 0 Å². The van der Waals surface area contributed by atoms with Crippen LogP contribution in [0.5, 0.6) is 0 Å². The van der Waals surface area contributed by atoms with Crippen molar-refractivity contribution >= 4 is 0 Å². The van der Waals surface area contributed by atoms with Gasteiger partial charge in [-0.05, 0) is 28.8 Å². The molecule has 0 atom stereocenters. The smallest absolute Gasteiger partial charge is 0.314 e. The van der Waals surface area contributed by atoms with Crippen LogP contribution in [-0.4, -0.2) is 31.1 Å². The summed E-state index contributed by atoms with van der Waals surface area (Å²) in [5.41, 5.74) is 1.95. The molecule has 1 heterocycles. The van der Waals surface area contributed by atoms with Crippen LogP contribution in [0.4, 0.5) is 13.2 Å². The second-order valence-corrected chi connectivity index (χ2v) is 5.76. The third kappa shape index (κ3) is 3.92. The first kappa shape index (κ1) is 16.0. The highest BCUT2D eigenvalue weighted by Gasteiger charge is 2.30. The number of rotatable bonds is 3. The first-order chi connectivity index (χ1) is 11.0. The molecule has 0 saturated carbocycles. The Balaban J connectivity index is 1.91. The maximum Gasteiger partial charge on any atom is 0.416 e. The van der Waals surface area contributed by atoms with Crippen LogP contribution in [0.2, 0.25) is 0 Å². The molecular formula is C18H19F3N2. The van der Waals surface area contributed by atoms with Crippen LogP contribution >= 0.6 is 0 Å². The SMILES string of the molecule is FC(F)(F)c1cccc(-c2ccccc2CN2CCNCC2)c1. The van der Waals surface area contributed by atoms with Crippen molar-refractivity contribution in [1.29, 1.82) is 0 Å². The van der Waals surface area contributed by atoms with Crippen LogP contribution in [0.3, 0.4) is 0 Å². The Hall–Kier alpha value is -1.85. The highest BCUT2D eigenvalue weighted by Crippen LogP contribution is 2.33. The van der Waals surface area contributed by atoms with Gasteiger partial charge in [0, 0.05) is 32.7 Å². The molecule has 1 saturated heterocycles. The summed E-state index contributed by atoms with van der Waals surface area (Å²) in [6, 6.07) is 13.3. The number of hydrogen-bond acceptors (Lipinski definition) is 2. The Labute approximate surface area is 133 Å². The molecule has 3 rings (SSSR count). The topological polar surface area (TPSA) is 15.3 Å². The maximum absolute atomic E-state index is 12.9. The normalized spacial score (nSPS) is 16.5. The molecule has 0 amide bonds. The van der Waals surface area contributed by atoms with Gasteiger partial charge >= 0.3 is 6.18 Å². The molecule has 0 radical (unpaired) electrons. The molecule has 0 aliphatic carbocycles. The zero-order valence-electron chi connectivity index (χ0n) is 12.7. The Kier molecular flexibility index (Phi) is 4.68. The highest BCUT2D eigenvalue weighted by molar-refractivity contribution is 5.68. The van der Waals surface area contributed by atoms with Crippen molar-refractivity contribution in [1.82, 2.24) is 10.2 Å². The van der Waals surface area contributed by atoms with E-state index in [0.717, 1.165) is 49.9 Å². The Bertz CT molecular complexity index is 661. The van der Waals surface area contributed by atoms with Crippen molar-refractivity contribution in [2.45, 2.75) is 12.7 Å². The average molecular weight is 320 g/mol. The van der Waals surface area contributed by atoms with E-state index in [4.69, 9.17) is 0 Å². The van der Waals surface area contributed by atoms with Crippen molar-refractivity contribution in [3.05, 3.63) is 59.7 Å². The predicted molar refractivity (Wildman–Crippen MR) is 85.0 cm³/mol. The minimum absolute atomic E-state index is 0.605. The molecule has 1 aliphatic rings. The van der Waals surface area contributed by atoms with Gasteiger partial charge in [-0.3, -0.25) is 4.90 Å². The van der Waals surface area contributed by atoms with E-state index in [1.807, 2.05) is 24.3 Å². The van der Waals surface area contributed by atoms with Crippen LogP contribution in [0, 0.1) is 0 Å². The summed E-state index contributed by atoms with van der Waals surface area (Å²) in [7, 11) is 0. The van der Waals surface area contributed by atoms with Crippen LogP contribution in [-0.2, 0) is 12.7 Å². The van der Waals surface area contributed by atoms with E-state index in [2.05, 4.69) is 10.2 Å². The summed E-state index contributed by atoms with van der Waals surface area (Å²) in [5.74, 6) is 0.